The monoisotopic (exact) mass is 248 g/mol. The molecule has 0 bridgehead atoms. The largest absolute Gasteiger partial charge is 0.439 e. The molecule has 98 valence electrons. The highest BCUT2D eigenvalue weighted by molar-refractivity contribution is 5.49. The van der Waals surface area contributed by atoms with Crippen LogP contribution in [-0.4, -0.2) is 27.9 Å². The Morgan fingerprint density at radius 2 is 2.28 bits per heavy atom. The number of aromatic nitrogens is 3. The third kappa shape index (κ3) is 3.43. The molecule has 1 N–H and O–H groups in total. The molecule has 0 aromatic carbocycles. The quantitative estimate of drug-likeness (QED) is 0.793. The van der Waals surface area contributed by atoms with Crippen LogP contribution in [0.3, 0.4) is 0 Å². The summed E-state index contributed by atoms with van der Waals surface area (Å²) in [7, 11) is 1.89. The van der Waals surface area contributed by atoms with Gasteiger partial charge >= 0.3 is 0 Å². The minimum atomic E-state index is 0.665. The number of hydrogen-bond acceptors (Lipinski definition) is 4. The molecule has 2 aromatic heterocycles. The van der Waals surface area contributed by atoms with E-state index < -0.39 is 0 Å². The van der Waals surface area contributed by atoms with E-state index in [0.717, 1.165) is 36.9 Å². The molecule has 5 nitrogen and oxygen atoms in total. The number of rotatable bonds is 6. The Balaban J connectivity index is 1.86. The van der Waals surface area contributed by atoms with E-state index in [9.17, 15) is 0 Å². The first-order valence-corrected chi connectivity index (χ1v) is 6.30. The summed E-state index contributed by atoms with van der Waals surface area (Å²) in [4.78, 5) is 4.26. The summed E-state index contributed by atoms with van der Waals surface area (Å²) in [6, 6.07) is 1.92. The van der Waals surface area contributed by atoms with Crippen LogP contribution in [0, 0.1) is 5.92 Å². The summed E-state index contributed by atoms with van der Waals surface area (Å²) in [6.07, 6.45) is 4.43. The first kappa shape index (κ1) is 12.8. The van der Waals surface area contributed by atoms with Gasteiger partial charge in [-0.2, -0.15) is 5.10 Å². The number of hydrogen-bond donors (Lipinski definition) is 1. The van der Waals surface area contributed by atoms with Gasteiger partial charge in [-0.1, -0.05) is 13.8 Å². The van der Waals surface area contributed by atoms with Crippen LogP contribution in [0.2, 0.25) is 0 Å². The Bertz CT molecular complexity index is 487. The average molecular weight is 248 g/mol. The van der Waals surface area contributed by atoms with E-state index >= 15 is 0 Å². The van der Waals surface area contributed by atoms with E-state index in [0.29, 0.717) is 5.92 Å². The first-order chi connectivity index (χ1) is 8.65. The predicted octanol–water partition coefficient (Wildman–Crippen LogP) is 1.86. The lowest BCUT2D eigenvalue weighted by Gasteiger charge is -2.05. The fourth-order valence-electron chi connectivity index (χ4n) is 1.68. The molecule has 5 heteroatoms. The van der Waals surface area contributed by atoms with E-state index in [4.69, 9.17) is 4.42 Å². The summed E-state index contributed by atoms with van der Waals surface area (Å²) in [5, 5.41) is 7.65. The van der Waals surface area contributed by atoms with Crippen LogP contribution in [-0.2, 0) is 13.5 Å². The van der Waals surface area contributed by atoms with Crippen molar-refractivity contribution in [1.29, 1.82) is 0 Å². The highest BCUT2D eigenvalue weighted by Gasteiger charge is 2.08. The standard InChI is InChI=1S/C13H20N4O/c1-10(2)8-14-6-4-13-15-9-12(18-13)11-5-7-17(3)16-11/h5,7,9-10,14H,4,6,8H2,1-3H3. The maximum absolute atomic E-state index is 5.66. The van der Waals surface area contributed by atoms with E-state index in [2.05, 4.69) is 29.2 Å². The van der Waals surface area contributed by atoms with Crippen molar-refractivity contribution in [3.63, 3.8) is 0 Å². The molecule has 0 aliphatic carbocycles. The average Bonchev–Trinajstić information content (AvgIpc) is 2.93. The van der Waals surface area contributed by atoms with Gasteiger partial charge in [-0.15, -0.1) is 0 Å². The van der Waals surface area contributed by atoms with E-state index in [1.54, 1.807) is 10.9 Å². The van der Waals surface area contributed by atoms with Gasteiger partial charge in [-0.25, -0.2) is 4.98 Å². The topological polar surface area (TPSA) is 55.9 Å². The van der Waals surface area contributed by atoms with Gasteiger partial charge in [0.15, 0.2) is 11.7 Å². The zero-order valence-corrected chi connectivity index (χ0v) is 11.2. The van der Waals surface area contributed by atoms with E-state index in [-0.39, 0.29) is 0 Å². The molecule has 0 saturated carbocycles. The van der Waals surface area contributed by atoms with Crippen molar-refractivity contribution in [1.82, 2.24) is 20.1 Å². The van der Waals surface area contributed by atoms with Crippen molar-refractivity contribution in [3.05, 3.63) is 24.4 Å². The molecule has 0 amide bonds. The maximum Gasteiger partial charge on any atom is 0.196 e. The first-order valence-electron chi connectivity index (χ1n) is 6.30. The van der Waals surface area contributed by atoms with Crippen LogP contribution in [0.1, 0.15) is 19.7 Å². The van der Waals surface area contributed by atoms with Crippen LogP contribution in [0.5, 0.6) is 0 Å². The molecule has 0 radical (unpaired) electrons. The molecule has 0 saturated heterocycles. The van der Waals surface area contributed by atoms with Gasteiger partial charge in [-0.05, 0) is 18.5 Å². The second kappa shape index (κ2) is 5.82. The molecule has 0 aliphatic heterocycles. The Hall–Kier alpha value is -1.62. The van der Waals surface area contributed by atoms with Gasteiger partial charge in [0, 0.05) is 26.2 Å². The molecular formula is C13H20N4O. The van der Waals surface area contributed by atoms with Crippen molar-refractivity contribution < 1.29 is 4.42 Å². The summed E-state index contributed by atoms with van der Waals surface area (Å²) in [5.41, 5.74) is 0.825. The number of aryl methyl sites for hydroxylation is 1. The lowest BCUT2D eigenvalue weighted by atomic mass is 10.2. The van der Waals surface area contributed by atoms with Crippen LogP contribution >= 0.6 is 0 Å². The third-order valence-electron chi connectivity index (χ3n) is 2.59. The van der Waals surface area contributed by atoms with Crippen molar-refractivity contribution in [2.75, 3.05) is 13.1 Å². The van der Waals surface area contributed by atoms with Crippen molar-refractivity contribution >= 4 is 0 Å². The lowest BCUT2D eigenvalue weighted by Crippen LogP contribution is -2.22. The molecule has 0 aliphatic rings. The molecule has 0 unspecified atom stereocenters. The zero-order chi connectivity index (χ0) is 13.0. The summed E-state index contributed by atoms with van der Waals surface area (Å²) < 4.78 is 7.41. The van der Waals surface area contributed by atoms with Crippen LogP contribution in [0.25, 0.3) is 11.5 Å². The maximum atomic E-state index is 5.66. The van der Waals surface area contributed by atoms with Gasteiger partial charge in [0.2, 0.25) is 0 Å². The normalized spacial score (nSPS) is 11.3. The van der Waals surface area contributed by atoms with E-state index in [1.807, 2.05) is 19.3 Å². The molecular weight excluding hydrogens is 228 g/mol. The molecule has 18 heavy (non-hydrogen) atoms. The van der Waals surface area contributed by atoms with Crippen molar-refractivity contribution in [2.45, 2.75) is 20.3 Å². The molecule has 0 spiro atoms. The molecule has 2 rings (SSSR count). The number of nitrogens with one attached hydrogen (secondary N) is 1. The van der Waals surface area contributed by atoms with Gasteiger partial charge in [0.25, 0.3) is 0 Å². The summed E-state index contributed by atoms with van der Waals surface area (Å²) in [6.45, 7) is 6.29. The van der Waals surface area contributed by atoms with Gasteiger partial charge in [0.1, 0.15) is 5.69 Å². The SMILES string of the molecule is CC(C)CNCCc1ncc(-c2ccn(C)n2)o1. The Kier molecular flexibility index (Phi) is 4.15. The number of nitrogens with zero attached hydrogens (tertiary/aromatic N) is 3. The van der Waals surface area contributed by atoms with Crippen molar-refractivity contribution in [2.24, 2.45) is 13.0 Å². The fourth-order valence-corrected chi connectivity index (χ4v) is 1.68. The highest BCUT2D eigenvalue weighted by Crippen LogP contribution is 2.17. The molecule has 0 fully saturated rings. The molecule has 2 heterocycles. The fraction of sp³-hybridized carbons (Fsp3) is 0.538. The zero-order valence-electron chi connectivity index (χ0n) is 11.2. The Labute approximate surface area is 107 Å². The smallest absolute Gasteiger partial charge is 0.196 e. The number of oxazole rings is 1. The van der Waals surface area contributed by atoms with Crippen LogP contribution < -0.4 is 5.32 Å². The van der Waals surface area contributed by atoms with E-state index in [1.165, 1.54) is 0 Å². The van der Waals surface area contributed by atoms with Gasteiger partial charge in [0.05, 0.1) is 6.20 Å². The predicted molar refractivity (Wildman–Crippen MR) is 70.1 cm³/mol. The Morgan fingerprint density at radius 3 is 2.94 bits per heavy atom. The third-order valence-corrected chi connectivity index (χ3v) is 2.59. The molecule has 2 aromatic rings. The second-order valence-corrected chi connectivity index (χ2v) is 4.84. The molecule has 0 atom stereocenters. The second-order valence-electron chi connectivity index (χ2n) is 4.84. The lowest BCUT2D eigenvalue weighted by molar-refractivity contribution is 0.481. The van der Waals surface area contributed by atoms with Gasteiger partial charge < -0.3 is 9.73 Å². The Morgan fingerprint density at radius 1 is 1.44 bits per heavy atom. The minimum absolute atomic E-state index is 0.665. The highest BCUT2D eigenvalue weighted by atomic mass is 16.4. The summed E-state index contributed by atoms with van der Waals surface area (Å²) >= 11 is 0. The van der Waals surface area contributed by atoms with Gasteiger partial charge in [-0.3, -0.25) is 4.68 Å². The van der Waals surface area contributed by atoms with Crippen LogP contribution in [0.4, 0.5) is 0 Å². The van der Waals surface area contributed by atoms with Crippen LogP contribution in [0.15, 0.2) is 22.9 Å². The van der Waals surface area contributed by atoms with Crippen molar-refractivity contribution in [3.8, 4) is 11.5 Å². The minimum Gasteiger partial charge on any atom is -0.439 e. The summed E-state index contributed by atoms with van der Waals surface area (Å²) in [5.74, 6) is 2.15.